The van der Waals surface area contributed by atoms with Gasteiger partial charge in [-0.05, 0) is 37.3 Å². The van der Waals surface area contributed by atoms with E-state index in [1.54, 1.807) is 7.11 Å². The minimum absolute atomic E-state index is 0.0820. The van der Waals surface area contributed by atoms with E-state index in [1.165, 1.54) is 11.1 Å². The maximum absolute atomic E-state index is 11.9. The summed E-state index contributed by atoms with van der Waals surface area (Å²) in [6.45, 7) is 2.65. The first-order chi connectivity index (χ1) is 9.19. The molecule has 2 amide bonds. The molecule has 0 saturated heterocycles. The van der Waals surface area contributed by atoms with Gasteiger partial charge in [0.05, 0.1) is 0 Å². The van der Waals surface area contributed by atoms with Gasteiger partial charge in [0.15, 0.2) is 0 Å². The van der Waals surface area contributed by atoms with Crippen LogP contribution >= 0.6 is 0 Å². The topological polar surface area (TPSA) is 50.4 Å². The molecule has 0 aromatic heterocycles. The molecular formula is C15H22N2O2. The van der Waals surface area contributed by atoms with E-state index in [9.17, 15) is 4.79 Å². The van der Waals surface area contributed by atoms with Gasteiger partial charge in [-0.1, -0.05) is 24.3 Å². The fourth-order valence-corrected chi connectivity index (χ4v) is 2.48. The van der Waals surface area contributed by atoms with Gasteiger partial charge in [0.25, 0.3) is 0 Å². The molecule has 2 rings (SSSR count). The second-order valence-corrected chi connectivity index (χ2v) is 5.17. The van der Waals surface area contributed by atoms with Crippen LogP contribution in [0.2, 0.25) is 0 Å². The summed E-state index contributed by atoms with van der Waals surface area (Å²) in [5.74, 6) is 0. The van der Waals surface area contributed by atoms with Crippen molar-refractivity contribution in [3.63, 3.8) is 0 Å². The number of methoxy groups -OCH3 is 1. The Bertz CT molecular complexity index is 409. The number of urea groups is 1. The lowest BCUT2D eigenvalue weighted by molar-refractivity contribution is 0.183. The molecule has 0 bridgehead atoms. The van der Waals surface area contributed by atoms with Gasteiger partial charge in [0.2, 0.25) is 0 Å². The number of hydrogen-bond donors (Lipinski definition) is 2. The highest BCUT2D eigenvalue weighted by molar-refractivity contribution is 5.74. The lowest BCUT2D eigenvalue weighted by Crippen LogP contribution is -2.46. The predicted octanol–water partition coefficient (Wildman–Crippen LogP) is 1.88. The minimum atomic E-state index is -0.0820. The van der Waals surface area contributed by atoms with Crippen molar-refractivity contribution in [2.24, 2.45) is 0 Å². The van der Waals surface area contributed by atoms with Crippen LogP contribution in [-0.2, 0) is 17.6 Å². The number of nitrogens with one attached hydrogen (secondary N) is 2. The SMILES string of the molecule is COCC[C@@H](C)NC(=O)NC1Cc2ccccc2C1. The Kier molecular flexibility index (Phi) is 4.80. The minimum Gasteiger partial charge on any atom is -0.385 e. The monoisotopic (exact) mass is 262 g/mol. The number of carbonyl (C=O) groups is 1. The van der Waals surface area contributed by atoms with Gasteiger partial charge in [-0.3, -0.25) is 0 Å². The third-order valence-electron chi connectivity index (χ3n) is 3.52. The number of amides is 2. The fourth-order valence-electron chi connectivity index (χ4n) is 2.48. The first-order valence-corrected chi connectivity index (χ1v) is 6.81. The van der Waals surface area contributed by atoms with Crippen LogP contribution in [0.3, 0.4) is 0 Å². The Morgan fingerprint density at radius 1 is 1.37 bits per heavy atom. The van der Waals surface area contributed by atoms with E-state index < -0.39 is 0 Å². The van der Waals surface area contributed by atoms with Gasteiger partial charge in [0, 0.05) is 25.8 Å². The van der Waals surface area contributed by atoms with Gasteiger partial charge >= 0.3 is 6.03 Å². The summed E-state index contributed by atoms with van der Waals surface area (Å²) in [5.41, 5.74) is 2.69. The van der Waals surface area contributed by atoms with Crippen molar-refractivity contribution in [2.45, 2.75) is 38.3 Å². The van der Waals surface area contributed by atoms with E-state index in [2.05, 4.69) is 22.8 Å². The molecule has 0 radical (unpaired) electrons. The van der Waals surface area contributed by atoms with Gasteiger partial charge < -0.3 is 15.4 Å². The smallest absolute Gasteiger partial charge is 0.315 e. The van der Waals surface area contributed by atoms with E-state index >= 15 is 0 Å². The van der Waals surface area contributed by atoms with E-state index in [-0.39, 0.29) is 18.1 Å². The molecule has 1 atom stereocenters. The third-order valence-corrected chi connectivity index (χ3v) is 3.52. The largest absolute Gasteiger partial charge is 0.385 e. The maximum atomic E-state index is 11.9. The lowest BCUT2D eigenvalue weighted by Gasteiger charge is -2.17. The molecule has 1 aromatic rings. The summed E-state index contributed by atoms with van der Waals surface area (Å²) in [4.78, 5) is 11.9. The highest BCUT2D eigenvalue weighted by Crippen LogP contribution is 2.21. The van der Waals surface area contributed by atoms with E-state index in [4.69, 9.17) is 4.74 Å². The predicted molar refractivity (Wildman–Crippen MR) is 75.3 cm³/mol. The summed E-state index contributed by atoms with van der Waals surface area (Å²) in [6.07, 6.45) is 2.68. The van der Waals surface area contributed by atoms with Crippen LogP contribution in [0.15, 0.2) is 24.3 Å². The Balaban J connectivity index is 1.76. The van der Waals surface area contributed by atoms with Crippen molar-refractivity contribution in [3.8, 4) is 0 Å². The Hall–Kier alpha value is -1.55. The zero-order chi connectivity index (χ0) is 13.7. The third kappa shape index (κ3) is 3.96. The molecule has 0 fully saturated rings. The molecule has 0 unspecified atom stereocenters. The molecule has 1 aliphatic rings. The lowest BCUT2D eigenvalue weighted by atomic mass is 10.1. The summed E-state index contributed by atoms with van der Waals surface area (Å²) < 4.78 is 5.00. The molecule has 0 saturated carbocycles. The molecule has 4 nitrogen and oxygen atoms in total. The summed E-state index contributed by atoms with van der Waals surface area (Å²) >= 11 is 0. The standard InChI is InChI=1S/C15H22N2O2/c1-11(7-8-19-2)16-15(18)17-14-9-12-5-3-4-6-13(12)10-14/h3-6,11,14H,7-10H2,1-2H3,(H2,16,17,18)/t11-/m1/s1. The number of carbonyl (C=O) groups excluding carboxylic acids is 1. The van der Waals surface area contributed by atoms with Crippen LogP contribution in [0.4, 0.5) is 4.79 Å². The number of hydrogen-bond acceptors (Lipinski definition) is 2. The van der Waals surface area contributed by atoms with Crippen LogP contribution in [0.5, 0.6) is 0 Å². The van der Waals surface area contributed by atoms with Crippen molar-refractivity contribution in [3.05, 3.63) is 35.4 Å². The first-order valence-electron chi connectivity index (χ1n) is 6.81. The number of rotatable bonds is 5. The second kappa shape index (κ2) is 6.57. The molecule has 104 valence electrons. The average molecular weight is 262 g/mol. The quantitative estimate of drug-likeness (QED) is 0.851. The highest BCUT2D eigenvalue weighted by atomic mass is 16.5. The molecule has 0 spiro atoms. The average Bonchev–Trinajstić information content (AvgIpc) is 2.78. The summed E-state index contributed by atoms with van der Waals surface area (Å²) in [6, 6.07) is 8.63. The van der Waals surface area contributed by atoms with Crippen LogP contribution in [0.1, 0.15) is 24.5 Å². The van der Waals surface area contributed by atoms with Crippen molar-refractivity contribution in [2.75, 3.05) is 13.7 Å². The van der Waals surface area contributed by atoms with Crippen LogP contribution in [-0.4, -0.2) is 31.8 Å². The highest BCUT2D eigenvalue weighted by Gasteiger charge is 2.22. The summed E-state index contributed by atoms with van der Waals surface area (Å²) in [7, 11) is 1.67. The molecular weight excluding hydrogens is 240 g/mol. The normalized spacial score (nSPS) is 15.9. The van der Waals surface area contributed by atoms with Crippen LogP contribution in [0.25, 0.3) is 0 Å². The van der Waals surface area contributed by atoms with Gasteiger partial charge in [-0.25, -0.2) is 4.79 Å². The van der Waals surface area contributed by atoms with Crippen LogP contribution in [0, 0.1) is 0 Å². The first kappa shape index (κ1) is 13.9. The number of ether oxygens (including phenoxy) is 1. The fraction of sp³-hybridized carbons (Fsp3) is 0.533. The van der Waals surface area contributed by atoms with Crippen LogP contribution < -0.4 is 10.6 Å². The Morgan fingerprint density at radius 3 is 2.58 bits per heavy atom. The zero-order valence-corrected chi connectivity index (χ0v) is 11.6. The van der Waals surface area contributed by atoms with Gasteiger partial charge in [-0.2, -0.15) is 0 Å². The van der Waals surface area contributed by atoms with Gasteiger partial charge in [-0.15, -0.1) is 0 Å². The number of fused-ring (bicyclic) bond motifs is 1. The second-order valence-electron chi connectivity index (χ2n) is 5.17. The van der Waals surface area contributed by atoms with Crippen molar-refractivity contribution in [1.29, 1.82) is 0 Å². The molecule has 0 heterocycles. The van der Waals surface area contributed by atoms with Crippen molar-refractivity contribution >= 4 is 6.03 Å². The molecule has 0 aliphatic heterocycles. The van der Waals surface area contributed by atoms with E-state index in [0.29, 0.717) is 6.61 Å². The number of benzene rings is 1. The van der Waals surface area contributed by atoms with E-state index in [0.717, 1.165) is 19.3 Å². The molecule has 19 heavy (non-hydrogen) atoms. The van der Waals surface area contributed by atoms with Crippen molar-refractivity contribution < 1.29 is 9.53 Å². The Morgan fingerprint density at radius 2 is 2.00 bits per heavy atom. The Labute approximate surface area is 114 Å². The molecule has 1 aliphatic carbocycles. The summed E-state index contributed by atoms with van der Waals surface area (Å²) in [5, 5.41) is 5.98. The van der Waals surface area contributed by atoms with Gasteiger partial charge in [0.1, 0.15) is 0 Å². The van der Waals surface area contributed by atoms with Crippen molar-refractivity contribution in [1.82, 2.24) is 10.6 Å². The zero-order valence-electron chi connectivity index (χ0n) is 11.6. The van der Waals surface area contributed by atoms with E-state index in [1.807, 2.05) is 19.1 Å². The molecule has 1 aromatic carbocycles. The molecule has 2 N–H and O–H groups in total. The maximum Gasteiger partial charge on any atom is 0.315 e. The molecule has 4 heteroatoms.